The van der Waals surface area contributed by atoms with Gasteiger partial charge in [-0.1, -0.05) is 28.1 Å². The summed E-state index contributed by atoms with van der Waals surface area (Å²) in [5.74, 6) is 0.0786. The number of halogens is 1. The summed E-state index contributed by atoms with van der Waals surface area (Å²) in [5.41, 5.74) is 2.09. The van der Waals surface area contributed by atoms with Gasteiger partial charge < -0.3 is 4.90 Å². The summed E-state index contributed by atoms with van der Waals surface area (Å²) in [6.07, 6.45) is 2.49. The smallest absolute Gasteiger partial charge is 0.234 e. The predicted molar refractivity (Wildman–Crippen MR) is 65.1 cm³/mol. The van der Waals surface area contributed by atoms with Crippen LogP contribution in [0.5, 0.6) is 0 Å². The molecular formula is C12H12BrNO. The topological polar surface area (TPSA) is 20.3 Å². The molecule has 3 heteroatoms. The molecule has 1 unspecified atom stereocenters. The highest BCUT2D eigenvalue weighted by molar-refractivity contribution is 9.10. The average molecular weight is 266 g/mol. The van der Waals surface area contributed by atoms with Gasteiger partial charge in [-0.2, -0.15) is 0 Å². The summed E-state index contributed by atoms with van der Waals surface area (Å²) in [4.78, 5) is 13.7. The summed E-state index contributed by atoms with van der Waals surface area (Å²) in [5, 5.41) is 0. The summed E-state index contributed by atoms with van der Waals surface area (Å²) < 4.78 is 1.00. The van der Waals surface area contributed by atoms with Crippen LogP contribution in [0.25, 0.3) is 0 Å². The molecule has 1 atom stereocenters. The molecule has 0 saturated carbocycles. The van der Waals surface area contributed by atoms with Crippen molar-refractivity contribution in [2.45, 2.75) is 12.3 Å². The van der Waals surface area contributed by atoms with Crippen LogP contribution in [-0.4, -0.2) is 13.0 Å². The lowest BCUT2D eigenvalue weighted by molar-refractivity contribution is -0.118. The van der Waals surface area contributed by atoms with Gasteiger partial charge in [0.1, 0.15) is 0 Å². The maximum absolute atomic E-state index is 12.0. The van der Waals surface area contributed by atoms with Crippen LogP contribution >= 0.6 is 15.9 Å². The first kappa shape index (κ1) is 10.4. The second-order valence-electron chi connectivity index (χ2n) is 3.65. The van der Waals surface area contributed by atoms with E-state index in [4.69, 9.17) is 0 Å². The number of allylic oxidation sites excluding steroid dienone is 1. The molecule has 0 aliphatic carbocycles. The number of fused-ring (bicyclic) bond motifs is 1. The molecule has 0 radical (unpaired) electrons. The van der Waals surface area contributed by atoms with Crippen molar-refractivity contribution >= 4 is 27.5 Å². The zero-order valence-corrected chi connectivity index (χ0v) is 10.1. The first-order chi connectivity index (χ1) is 7.16. The summed E-state index contributed by atoms with van der Waals surface area (Å²) in [6.45, 7) is 3.70. The fourth-order valence-corrected chi connectivity index (χ4v) is 2.66. The van der Waals surface area contributed by atoms with E-state index in [1.807, 2.05) is 25.2 Å². The van der Waals surface area contributed by atoms with Crippen molar-refractivity contribution in [3.63, 3.8) is 0 Å². The van der Waals surface area contributed by atoms with Gasteiger partial charge in [0, 0.05) is 22.8 Å². The molecule has 1 heterocycles. The minimum atomic E-state index is -0.0712. The third kappa shape index (κ3) is 1.51. The van der Waals surface area contributed by atoms with Crippen molar-refractivity contribution in [1.82, 2.24) is 0 Å². The van der Waals surface area contributed by atoms with Crippen molar-refractivity contribution in [2.75, 3.05) is 11.9 Å². The van der Waals surface area contributed by atoms with Crippen molar-refractivity contribution in [3.8, 4) is 0 Å². The Morgan fingerprint density at radius 1 is 1.60 bits per heavy atom. The Balaban J connectivity index is 2.56. The van der Waals surface area contributed by atoms with Crippen LogP contribution in [-0.2, 0) is 4.79 Å². The first-order valence-corrected chi connectivity index (χ1v) is 5.63. The Bertz CT molecular complexity index is 428. The number of carbonyl (C=O) groups excluding carboxylic acids is 1. The molecule has 1 aromatic carbocycles. The molecule has 2 rings (SSSR count). The van der Waals surface area contributed by atoms with Crippen LogP contribution in [0.4, 0.5) is 5.69 Å². The summed E-state index contributed by atoms with van der Waals surface area (Å²) in [7, 11) is 1.82. The minimum absolute atomic E-state index is 0.0712. The lowest BCUT2D eigenvalue weighted by atomic mass is 9.97. The Morgan fingerprint density at radius 3 is 3.00 bits per heavy atom. The predicted octanol–water partition coefficient (Wildman–Crippen LogP) is 3.09. The number of benzene rings is 1. The normalized spacial score (nSPS) is 19.2. The molecular weight excluding hydrogens is 254 g/mol. The fourth-order valence-electron chi connectivity index (χ4n) is 2.02. The van der Waals surface area contributed by atoms with Crippen LogP contribution < -0.4 is 4.90 Å². The molecule has 0 aromatic heterocycles. The van der Waals surface area contributed by atoms with E-state index < -0.39 is 0 Å². The molecule has 0 fully saturated rings. The quantitative estimate of drug-likeness (QED) is 0.753. The number of hydrogen-bond donors (Lipinski definition) is 0. The molecule has 1 aliphatic rings. The molecule has 1 aliphatic heterocycles. The van der Waals surface area contributed by atoms with Crippen molar-refractivity contribution < 1.29 is 4.79 Å². The van der Waals surface area contributed by atoms with Crippen molar-refractivity contribution in [1.29, 1.82) is 0 Å². The molecule has 1 amide bonds. The SMILES string of the molecule is C=CCC1C(=O)N(C)c2cccc(Br)c21. The fraction of sp³-hybridized carbons (Fsp3) is 0.250. The van der Waals surface area contributed by atoms with E-state index in [1.54, 1.807) is 11.0 Å². The first-order valence-electron chi connectivity index (χ1n) is 4.83. The van der Waals surface area contributed by atoms with E-state index in [0.29, 0.717) is 6.42 Å². The standard InChI is InChI=1S/C12H12BrNO/c1-3-5-8-11-9(13)6-4-7-10(11)14(2)12(8)15/h3-4,6-8H,1,5H2,2H3. The molecule has 78 valence electrons. The van der Waals surface area contributed by atoms with E-state index in [2.05, 4.69) is 22.5 Å². The van der Waals surface area contributed by atoms with Gasteiger partial charge >= 0.3 is 0 Å². The number of nitrogens with zero attached hydrogens (tertiary/aromatic N) is 1. The highest BCUT2D eigenvalue weighted by atomic mass is 79.9. The number of carbonyl (C=O) groups is 1. The van der Waals surface area contributed by atoms with Crippen LogP contribution in [0.15, 0.2) is 35.3 Å². The van der Waals surface area contributed by atoms with Crippen molar-refractivity contribution in [3.05, 3.63) is 40.9 Å². The molecule has 0 N–H and O–H groups in total. The molecule has 0 bridgehead atoms. The largest absolute Gasteiger partial charge is 0.315 e. The molecule has 1 aromatic rings. The molecule has 0 spiro atoms. The number of likely N-dealkylation sites (N-methyl/N-ethyl adjacent to an activating group) is 1. The monoisotopic (exact) mass is 265 g/mol. The Hall–Kier alpha value is -1.09. The molecule has 15 heavy (non-hydrogen) atoms. The summed E-state index contributed by atoms with van der Waals surface area (Å²) in [6, 6.07) is 5.89. The van der Waals surface area contributed by atoms with Gasteiger partial charge in [-0.25, -0.2) is 0 Å². The Kier molecular flexibility index (Phi) is 2.65. The zero-order chi connectivity index (χ0) is 11.0. The van der Waals surface area contributed by atoms with Gasteiger partial charge in [0.2, 0.25) is 5.91 Å². The van der Waals surface area contributed by atoms with Crippen LogP contribution in [0.2, 0.25) is 0 Å². The second-order valence-corrected chi connectivity index (χ2v) is 4.50. The van der Waals surface area contributed by atoms with E-state index in [0.717, 1.165) is 15.7 Å². The second kappa shape index (κ2) is 3.81. The van der Waals surface area contributed by atoms with Gasteiger partial charge in [0.05, 0.1) is 5.92 Å². The minimum Gasteiger partial charge on any atom is -0.315 e. The maximum Gasteiger partial charge on any atom is 0.234 e. The highest BCUT2D eigenvalue weighted by Gasteiger charge is 2.35. The zero-order valence-electron chi connectivity index (χ0n) is 8.53. The van der Waals surface area contributed by atoms with Gasteiger partial charge in [-0.05, 0) is 18.6 Å². The van der Waals surface area contributed by atoms with E-state index in [-0.39, 0.29) is 11.8 Å². The number of hydrogen-bond acceptors (Lipinski definition) is 1. The van der Waals surface area contributed by atoms with Gasteiger partial charge in [-0.15, -0.1) is 6.58 Å². The highest BCUT2D eigenvalue weighted by Crippen LogP contribution is 2.42. The molecule has 2 nitrogen and oxygen atoms in total. The Morgan fingerprint density at radius 2 is 2.33 bits per heavy atom. The van der Waals surface area contributed by atoms with Gasteiger partial charge in [0.15, 0.2) is 0 Å². The third-order valence-corrected chi connectivity index (χ3v) is 3.46. The van der Waals surface area contributed by atoms with Gasteiger partial charge in [-0.3, -0.25) is 4.79 Å². The average Bonchev–Trinajstić information content (AvgIpc) is 2.46. The number of anilines is 1. The van der Waals surface area contributed by atoms with E-state index in [9.17, 15) is 4.79 Å². The number of rotatable bonds is 2. The van der Waals surface area contributed by atoms with Gasteiger partial charge in [0.25, 0.3) is 0 Å². The molecule has 0 saturated heterocycles. The van der Waals surface area contributed by atoms with Crippen molar-refractivity contribution in [2.24, 2.45) is 0 Å². The van der Waals surface area contributed by atoms with Crippen LogP contribution in [0.3, 0.4) is 0 Å². The number of amides is 1. The van der Waals surface area contributed by atoms with E-state index >= 15 is 0 Å². The lowest BCUT2D eigenvalue weighted by Gasteiger charge is -2.09. The maximum atomic E-state index is 12.0. The third-order valence-electron chi connectivity index (χ3n) is 2.77. The van der Waals surface area contributed by atoms with Crippen LogP contribution in [0, 0.1) is 0 Å². The van der Waals surface area contributed by atoms with E-state index in [1.165, 1.54) is 0 Å². The lowest BCUT2D eigenvalue weighted by Crippen LogP contribution is -2.23. The van der Waals surface area contributed by atoms with Crippen LogP contribution in [0.1, 0.15) is 17.9 Å². The Labute approximate surface area is 97.7 Å². The summed E-state index contributed by atoms with van der Waals surface area (Å²) >= 11 is 3.50.